The summed E-state index contributed by atoms with van der Waals surface area (Å²) in [7, 11) is 0. The third-order valence-corrected chi connectivity index (χ3v) is 5.53. The average molecular weight is 491 g/mol. The lowest BCUT2D eigenvalue weighted by atomic mass is 10.0. The summed E-state index contributed by atoms with van der Waals surface area (Å²) in [5.74, 6) is -2.13. The number of hydrogen-bond donors (Lipinski definition) is 3. The van der Waals surface area contributed by atoms with E-state index in [-0.39, 0.29) is 32.6 Å². The predicted molar refractivity (Wildman–Crippen MR) is 127 cm³/mol. The number of rotatable bonds is 7. The van der Waals surface area contributed by atoms with Crippen molar-refractivity contribution >= 4 is 58.0 Å². The third kappa shape index (κ3) is 5.82. The molecule has 0 fully saturated rings. The lowest BCUT2D eigenvalue weighted by Gasteiger charge is -2.17. The maximum absolute atomic E-state index is 13.9. The van der Waals surface area contributed by atoms with Crippen LogP contribution in [0.25, 0.3) is 0 Å². The Kier molecular flexibility index (Phi) is 7.80. The van der Waals surface area contributed by atoms with Crippen molar-refractivity contribution < 1.29 is 19.1 Å². The van der Waals surface area contributed by atoms with Gasteiger partial charge < -0.3 is 15.7 Å². The van der Waals surface area contributed by atoms with E-state index in [1.165, 1.54) is 18.2 Å². The molecule has 1 unspecified atom stereocenters. The molecule has 0 aliphatic carbocycles. The van der Waals surface area contributed by atoms with Gasteiger partial charge in [-0.25, -0.2) is 9.18 Å². The summed E-state index contributed by atoms with van der Waals surface area (Å²) in [5.41, 5.74) is 1.45. The van der Waals surface area contributed by atoms with Gasteiger partial charge in [0.15, 0.2) is 0 Å². The van der Waals surface area contributed by atoms with Crippen molar-refractivity contribution in [1.29, 1.82) is 0 Å². The highest BCUT2D eigenvalue weighted by atomic mass is 35.5. The van der Waals surface area contributed by atoms with Gasteiger partial charge in [-0.1, -0.05) is 65.8 Å². The smallest absolute Gasteiger partial charge is 0.326 e. The Morgan fingerprint density at radius 2 is 1.59 bits per heavy atom. The van der Waals surface area contributed by atoms with Gasteiger partial charge in [0.05, 0.1) is 15.6 Å². The number of thiocarbonyl (C=S) groups is 1. The van der Waals surface area contributed by atoms with Gasteiger partial charge in [0.2, 0.25) is 0 Å². The first-order valence-electron chi connectivity index (χ1n) is 9.38. The SMILES string of the molecule is O=C(Nc1ccc(CC(NC(=S)c2ccccc2F)C(=O)O)cc1)c1c(Cl)cccc1Cl. The summed E-state index contributed by atoms with van der Waals surface area (Å²) in [4.78, 5) is 24.2. The summed E-state index contributed by atoms with van der Waals surface area (Å²) < 4.78 is 13.9. The molecule has 164 valence electrons. The van der Waals surface area contributed by atoms with E-state index in [0.717, 1.165) is 0 Å². The molecule has 1 atom stereocenters. The Bertz CT molecular complexity index is 1150. The van der Waals surface area contributed by atoms with Crippen LogP contribution in [-0.4, -0.2) is 28.0 Å². The number of amides is 1. The Morgan fingerprint density at radius 3 is 2.19 bits per heavy atom. The van der Waals surface area contributed by atoms with Gasteiger partial charge in [-0.05, 0) is 42.0 Å². The number of carboxylic acids is 1. The number of aliphatic carboxylic acids is 1. The van der Waals surface area contributed by atoms with E-state index in [9.17, 15) is 19.1 Å². The molecular formula is C23H17Cl2FN2O3S. The molecule has 0 bridgehead atoms. The maximum Gasteiger partial charge on any atom is 0.326 e. The van der Waals surface area contributed by atoms with Crippen molar-refractivity contribution in [3.05, 3.63) is 99.3 Å². The van der Waals surface area contributed by atoms with Crippen molar-refractivity contribution in [2.24, 2.45) is 0 Å². The van der Waals surface area contributed by atoms with Gasteiger partial charge in [0.1, 0.15) is 16.8 Å². The van der Waals surface area contributed by atoms with Crippen LogP contribution in [0.5, 0.6) is 0 Å². The van der Waals surface area contributed by atoms with Gasteiger partial charge in [0, 0.05) is 17.7 Å². The number of halogens is 3. The van der Waals surface area contributed by atoms with Crippen LogP contribution in [0.2, 0.25) is 10.0 Å². The molecule has 3 aromatic rings. The summed E-state index contributed by atoms with van der Waals surface area (Å²) in [6.45, 7) is 0. The number of carbonyl (C=O) groups excluding carboxylic acids is 1. The fourth-order valence-corrected chi connectivity index (χ4v) is 3.83. The minimum absolute atomic E-state index is 0.0102. The van der Waals surface area contributed by atoms with Crippen LogP contribution in [0.4, 0.5) is 10.1 Å². The highest BCUT2D eigenvalue weighted by Gasteiger charge is 2.21. The van der Waals surface area contributed by atoms with E-state index < -0.39 is 23.7 Å². The number of carboxylic acid groups (broad SMARTS) is 1. The number of nitrogens with one attached hydrogen (secondary N) is 2. The summed E-state index contributed by atoms with van der Waals surface area (Å²) in [6.07, 6.45) is 0.0918. The van der Waals surface area contributed by atoms with Gasteiger partial charge in [-0.2, -0.15) is 0 Å². The Hall–Kier alpha value is -3.00. The van der Waals surface area contributed by atoms with Crippen molar-refractivity contribution in [3.8, 4) is 0 Å². The molecule has 3 rings (SSSR count). The highest BCUT2D eigenvalue weighted by molar-refractivity contribution is 7.80. The maximum atomic E-state index is 13.9. The van der Waals surface area contributed by atoms with Gasteiger partial charge in [-0.3, -0.25) is 4.79 Å². The molecular weight excluding hydrogens is 474 g/mol. The van der Waals surface area contributed by atoms with E-state index >= 15 is 0 Å². The van der Waals surface area contributed by atoms with Crippen LogP contribution in [0.1, 0.15) is 21.5 Å². The monoisotopic (exact) mass is 490 g/mol. The molecule has 0 aliphatic rings. The molecule has 0 saturated heterocycles. The van der Waals surface area contributed by atoms with Crippen LogP contribution in [0.3, 0.4) is 0 Å². The zero-order valence-corrected chi connectivity index (χ0v) is 18.8. The zero-order valence-electron chi connectivity index (χ0n) is 16.4. The minimum atomic E-state index is -1.13. The Morgan fingerprint density at radius 1 is 0.969 bits per heavy atom. The van der Waals surface area contributed by atoms with Crippen LogP contribution in [-0.2, 0) is 11.2 Å². The molecule has 32 heavy (non-hydrogen) atoms. The molecule has 1 amide bonds. The Labute approximate surface area is 199 Å². The molecule has 3 N–H and O–H groups in total. The molecule has 0 aromatic heterocycles. The van der Waals surface area contributed by atoms with Crippen molar-refractivity contribution in [3.63, 3.8) is 0 Å². The third-order valence-electron chi connectivity index (χ3n) is 4.56. The number of anilines is 1. The van der Waals surface area contributed by atoms with E-state index in [1.54, 1.807) is 48.5 Å². The first-order valence-corrected chi connectivity index (χ1v) is 10.5. The number of benzene rings is 3. The van der Waals surface area contributed by atoms with Gasteiger partial charge in [0.25, 0.3) is 5.91 Å². The quantitative estimate of drug-likeness (QED) is 0.389. The van der Waals surface area contributed by atoms with Crippen molar-refractivity contribution in [2.45, 2.75) is 12.5 Å². The van der Waals surface area contributed by atoms with E-state index in [2.05, 4.69) is 10.6 Å². The zero-order chi connectivity index (χ0) is 23.3. The van der Waals surface area contributed by atoms with E-state index in [0.29, 0.717) is 11.3 Å². The summed E-state index contributed by atoms with van der Waals surface area (Å²) in [6, 6.07) is 16.2. The molecule has 0 radical (unpaired) electrons. The number of hydrogen-bond acceptors (Lipinski definition) is 3. The van der Waals surface area contributed by atoms with Crippen molar-refractivity contribution in [1.82, 2.24) is 5.32 Å². The standard InChI is InChI=1S/C23H17Cl2FN2O3S/c24-16-5-3-6-17(25)20(16)21(29)27-14-10-8-13(9-11-14)12-19(23(30)31)28-22(32)15-4-1-2-7-18(15)26/h1-11,19H,12H2,(H,27,29)(H,28,32)(H,30,31). The largest absolute Gasteiger partial charge is 0.480 e. The Balaban J connectivity index is 1.68. The molecule has 0 aliphatic heterocycles. The lowest BCUT2D eigenvalue weighted by Crippen LogP contribution is -2.42. The first kappa shape index (κ1) is 23.7. The van der Waals surface area contributed by atoms with E-state index in [4.69, 9.17) is 35.4 Å². The second-order valence-corrected chi connectivity index (χ2v) is 8.02. The van der Waals surface area contributed by atoms with Crippen LogP contribution < -0.4 is 10.6 Å². The van der Waals surface area contributed by atoms with Gasteiger partial charge >= 0.3 is 5.97 Å². The predicted octanol–water partition coefficient (Wildman–Crippen LogP) is 5.35. The van der Waals surface area contributed by atoms with Crippen LogP contribution >= 0.6 is 35.4 Å². The minimum Gasteiger partial charge on any atom is -0.480 e. The molecule has 0 spiro atoms. The van der Waals surface area contributed by atoms with Crippen LogP contribution in [0, 0.1) is 5.82 Å². The molecule has 3 aromatic carbocycles. The molecule has 5 nitrogen and oxygen atoms in total. The lowest BCUT2D eigenvalue weighted by molar-refractivity contribution is -0.139. The average Bonchev–Trinajstić information content (AvgIpc) is 2.74. The second kappa shape index (κ2) is 10.5. The van der Waals surface area contributed by atoms with E-state index in [1.807, 2.05) is 0 Å². The molecule has 0 saturated carbocycles. The van der Waals surface area contributed by atoms with Crippen LogP contribution in [0.15, 0.2) is 66.7 Å². The van der Waals surface area contributed by atoms with Gasteiger partial charge in [-0.15, -0.1) is 0 Å². The highest BCUT2D eigenvalue weighted by Crippen LogP contribution is 2.25. The normalized spacial score (nSPS) is 11.5. The van der Waals surface area contributed by atoms with Crippen molar-refractivity contribution in [2.75, 3.05) is 5.32 Å². The second-order valence-electron chi connectivity index (χ2n) is 6.80. The summed E-state index contributed by atoms with van der Waals surface area (Å²) >= 11 is 17.3. The number of carbonyl (C=O) groups is 2. The fraction of sp³-hybridized carbons (Fsp3) is 0.0870. The first-order chi connectivity index (χ1) is 15.3. The topological polar surface area (TPSA) is 78.4 Å². The molecule has 0 heterocycles. The summed E-state index contributed by atoms with van der Waals surface area (Å²) in [5, 5.41) is 15.4. The molecule has 9 heteroatoms. The fourth-order valence-electron chi connectivity index (χ4n) is 2.95.